The first-order valence-electron chi connectivity index (χ1n) is 11.8. The number of phenolic OH excluding ortho intramolecular Hbond substituents is 2. The first-order chi connectivity index (χ1) is 16.5. The number of ketones is 2. The molecular formula is C26H30N2O7. The molecule has 1 saturated heterocycles. The van der Waals surface area contributed by atoms with Crippen LogP contribution in [0.5, 0.6) is 11.5 Å². The maximum atomic E-state index is 13.4. The largest absolute Gasteiger partial charge is 0.507 e. The molecule has 0 spiro atoms. The Hall–Kier alpha value is -2.82. The number of hydrogen-bond donors (Lipinski definition) is 5. The lowest BCUT2D eigenvalue weighted by atomic mass is 9.70. The van der Waals surface area contributed by atoms with Crippen molar-refractivity contribution < 1.29 is 34.4 Å². The lowest BCUT2D eigenvalue weighted by Gasteiger charge is -2.44. The Morgan fingerprint density at radius 1 is 1.09 bits per heavy atom. The monoisotopic (exact) mass is 482 g/mol. The van der Waals surface area contributed by atoms with Crippen molar-refractivity contribution in [3.8, 4) is 11.5 Å². The van der Waals surface area contributed by atoms with Gasteiger partial charge < -0.3 is 36.3 Å². The number of aliphatic hydroxyl groups excluding tert-OH is 1. The highest BCUT2D eigenvalue weighted by molar-refractivity contribution is 6.30. The topological polar surface area (TPSA) is 165 Å². The molecule has 6 atom stereocenters. The molecule has 1 fully saturated rings. The maximum absolute atomic E-state index is 13.4. The van der Waals surface area contributed by atoms with Crippen LogP contribution in [-0.4, -0.2) is 57.0 Å². The number of benzene rings is 2. The highest BCUT2D eigenvalue weighted by Gasteiger charge is 2.47. The Morgan fingerprint density at radius 2 is 1.69 bits per heavy atom. The molecule has 2 aromatic rings. The van der Waals surface area contributed by atoms with Gasteiger partial charge in [-0.1, -0.05) is 24.3 Å². The summed E-state index contributed by atoms with van der Waals surface area (Å²) in [5, 5.41) is 33.2. The molecule has 35 heavy (non-hydrogen) atoms. The van der Waals surface area contributed by atoms with E-state index in [2.05, 4.69) is 0 Å². The fourth-order valence-electron chi connectivity index (χ4n) is 5.60. The third-order valence-corrected chi connectivity index (χ3v) is 7.52. The van der Waals surface area contributed by atoms with Crippen LogP contribution in [0, 0.1) is 0 Å². The van der Waals surface area contributed by atoms with Gasteiger partial charge in [0.05, 0.1) is 29.4 Å². The van der Waals surface area contributed by atoms with E-state index in [4.69, 9.17) is 20.9 Å². The zero-order valence-corrected chi connectivity index (χ0v) is 19.7. The van der Waals surface area contributed by atoms with E-state index in [1.165, 1.54) is 19.1 Å². The predicted molar refractivity (Wildman–Crippen MR) is 125 cm³/mol. The van der Waals surface area contributed by atoms with Crippen molar-refractivity contribution in [2.24, 2.45) is 11.5 Å². The molecule has 0 bridgehead atoms. The van der Waals surface area contributed by atoms with Crippen LogP contribution in [0.4, 0.5) is 0 Å². The lowest BCUT2D eigenvalue weighted by Crippen LogP contribution is -2.55. The van der Waals surface area contributed by atoms with Gasteiger partial charge in [0.1, 0.15) is 11.5 Å². The Bertz CT molecular complexity index is 1220. The number of ether oxygens (including phenoxy) is 2. The molecule has 186 valence electrons. The van der Waals surface area contributed by atoms with Gasteiger partial charge in [-0.25, -0.2) is 0 Å². The van der Waals surface area contributed by atoms with E-state index < -0.39 is 47.1 Å². The van der Waals surface area contributed by atoms with Crippen LogP contribution in [0.1, 0.15) is 82.2 Å². The predicted octanol–water partition coefficient (Wildman–Crippen LogP) is 1.81. The van der Waals surface area contributed by atoms with E-state index in [9.17, 15) is 24.9 Å². The summed E-state index contributed by atoms with van der Waals surface area (Å²) in [6.07, 6.45) is -1.63. The van der Waals surface area contributed by atoms with Crippen molar-refractivity contribution in [1.82, 2.24) is 0 Å². The van der Waals surface area contributed by atoms with Gasteiger partial charge in [0.25, 0.3) is 0 Å². The summed E-state index contributed by atoms with van der Waals surface area (Å²) in [7, 11) is 0. The molecular weight excluding hydrogens is 452 g/mol. The molecule has 7 N–H and O–H groups in total. The van der Waals surface area contributed by atoms with E-state index in [-0.39, 0.29) is 58.4 Å². The second-order valence-electron chi connectivity index (χ2n) is 10.1. The first-order valence-corrected chi connectivity index (χ1v) is 11.8. The summed E-state index contributed by atoms with van der Waals surface area (Å²) in [6, 6.07) is 6.13. The third kappa shape index (κ3) is 3.75. The van der Waals surface area contributed by atoms with Crippen LogP contribution in [0.2, 0.25) is 0 Å². The summed E-state index contributed by atoms with van der Waals surface area (Å²) in [5.41, 5.74) is 11.6. The highest BCUT2D eigenvalue weighted by Crippen LogP contribution is 2.51. The van der Waals surface area contributed by atoms with Crippen LogP contribution in [-0.2, 0) is 15.9 Å². The molecule has 1 heterocycles. The molecule has 5 rings (SSSR count). The number of carbonyl (C=O) groups excluding carboxylic acids is 2. The normalized spacial score (nSPS) is 30.9. The number of phenols is 2. The summed E-state index contributed by atoms with van der Waals surface area (Å²) < 4.78 is 12.1. The van der Waals surface area contributed by atoms with Gasteiger partial charge in [-0.2, -0.15) is 0 Å². The number of aromatic hydroxyl groups is 2. The molecule has 3 aliphatic rings. The van der Waals surface area contributed by atoms with Crippen molar-refractivity contribution in [3.63, 3.8) is 0 Å². The molecule has 0 amide bonds. The van der Waals surface area contributed by atoms with E-state index in [1.54, 1.807) is 12.1 Å². The van der Waals surface area contributed by atoms with Crippen LogP contribution >= 0.6 is 0 Å². The number of fused-ring (bicyclic) bond motifs is 3. The number of rotatable bonds is 3. The summed E-state index contributed by atoms with van der Waals surface area (Å²) >= 11 is 0. The van der Waals surface area contributed by atoms with Crippen molar-refractivity contribution in [1.29, 1.82) is 0 Å². The number of hydrogen-bond acceptors (Lipinski definition) is 9. The van der Waals surface area contributed by atoms with Crippen molar-refractivity contribution in [2.45, 2.75) is 75.7 Å². The van der Waals surface area contributed by atoms with Gasteiger partial charge in [0.2, 0.25) is 0 Å². The standard InChI is InChI=1S/C26H30N2O7/c1-11-7-13(27)8-18(34-11)35-17-10-26(28,12(2)29)9-16-19(17)25(33)21-20(24(16)32)22(30)14-5-3-4-6-15(14)23(21)31/h3-6,11-13,17-18,29,32-33H,7-10,27-28H2,1-2H3/t11-,12?,13+,17-,18-,26-/m0/s1. The van der Waals surface area contributed by atoms with Crippen LogP contribution in [0.25, 0.3) is 0 Å². The molecule has 2 aromatic carbocycles. The van der Waals surface area contributed by atoms with Crippen molar-refractivity contribution in [3.05, 3.63) is 57.6 Å². The molecule has 1 unspecified atom stereocenters. The lowest BCUT2D eigenvalue weighted by molar-refractivity contribution is -0.221. The first kappa shape index (κ1) is 23.9. The molecule has 0 radical (unpaired) electrons. The second-order valence-corrected chi connectivity index (χ2v) is 10.1. The number of aliphatic hydroxyl groups is 1. The van der Waals surface area contributed by atoms with Gasteiger partial charge in [-0.15, -0.1) is 0 Å². The van der Waals surface area contributed by atoms with Crippen LogP contribution in [0.15, 0.2) is 24.3 Å². The summed E-state index contributed by atoms with van der Waals surface area (Å²) in [4.78, 5) is 26.7. The van der Waals surface area contributed by atoms with Crippen molar-refractivity contribution in [2.75, 3.05) is 0 Å². The Kier molecular flexibility index (Phi) is 5.73. The fraction of sp³-hybridized carbons (Fsp3) is 0.462. The highest BCUT2D eigenvalue weighted by atomic mass is 16.7. The van der Waals surface area contributed by atoms with Gasteiger partial charge in [0.15, 0.2) is 17.9 Å². The molecule has 2 aliphatic carbocycles. The summed E-state index contributed by atoms with van der Waals surface area (Å²) in [6.45, 7) is 3.42. The molecule has 0 saturated carbocycles. The molecule has 0 aromatic heterocycles. The van der Waals surface area contributed by atoms with Crippen LogP contribution in [0.3, 0.4) is 0 Å². The zero-order chi connectivity index (χ0) is 25.2. The average molecular weight is 483 g/mol. The fourth-order valence-corrected chi connectivity index (χ4v) is 5.60. The van der Waals surface area contributed by atoms with Crippen LogP contribution < -0.4 is 11.5 Å². The minimum atomic E-state index is -1.22. The van der Waals surface area contributed by atoms with Gasteiger partial charge in [-0.3, -0.25) is 9.59 Å². The Morgan fingerprint density at radius 3 is 2.26 bits per heavy atom. The zero-order valence-electron chi connectivity index (χ0n) is 19.7. The maximum Gasteiger partial charge on any atom is 0.198 e. The van der Waals surface area contributed by atoms with E-state index in [0.29, 0.717) is 12.8 Å². The minimum absolute atomic E-state index is 0.0307. The SMILES string of the molecule is CC(O)[C@]1(N)Cc2c(O)c3c(c(O)c2[C@@H](O[C@H]2C[C@H](N)C[C@H](C)O2)C1)C(=O)c1ccccc1C3=O. The molecule has 9 heteroatoms. The van der Waals surface area contributed by atoms with Crippen molar-refractivity contribution >= 4 is 11.6 Å². The quantitative estimate of drug-likeness (QED) is 0.350. The van der Waals surface area contributed by atoms with E-state index >= 15 is 0 Å². The Labute approximate surface area is 202 Å². The van der Waals surface area contributed by atoms with E-state index in [0.717, 1.165) is 0 Å². The number of carbonyl (C=O) groups is 2. The molecule has 9 nitrogen and oxygen atoms in total. The van der Waals surface area contributed by atoms with E-state index in [1.807, 2.05) is 6.92 Å². The third-order valence-electron chi connectivity index (χ3n) is 7.52. The summed E-state index contributed by atoms with van der Waals surface area (Å²) in [5.74, 6) is -1.98. The minimum Gasteiger partial charge on any atom is -0.507 e. The number of nitrogens with two attached hydrogens (primary N) is 2. The van der Waals surface area contributed by atoms with Gasteiger partial charge in [-0.05, 0) is 33.1 Å². The Balaban J connectivity index is 1.67. The smallest absolute Gasteiger partial charge is 0.198 e. The van der Waals surface area contributed by atoms with Gasteiger partial charge >= 0.3 is 0 Å². The van der Waals surface area contributed by atoms with Gasteiger partial charge in [0, 0.05) is 40.3 Å². The average Bonchev–Trinajstić information content (AvgIpc) is 2.78. The second kappa shape index (κ2) is 8.39. The molecule has 1 aliphatic heterocycles.